The SMILES string of the molecule is CCCC(CCC)C(=O)O[C@H]1CCC=C2C=CC[C@@H]([C@@H](C)C[C@@H]3C[C@H](C(C)(C)C)C(O[SiH](C)C)C(=O)O3)[C@H]21. The number of hydrogen-bond donors (Lipinski definition) is 0. The molecule has 0 radical (unpaired) electrons. The van der Waals surface area contributed by atoms with E-state index in [9.17, 15) is 9.59 Å². The van der Waals surface area contributed by atoms with Crippen molar-refractivity contribution in [2.75, 3.05) is 0 Å². The van der Waals surface area contributed by atoms with Gasteiger partial charge in [-0.1, -0.05) is 72.6 Å². The lowest BCUT2D eigenvalue weighted by atomic mass is 9.66. The third-order valence-electron chi connectivity index (χ3n) is 8.97. The van der Waals surface area contributed by atoms with Crippen molar-refractivity contribution in [2.45, 2.75) is 131 Å². The summed E-state index contributed by atoms with van der Waals surface area (Å²) in [5.41, 5.74) is 1.29. The van der Waals surface area contributed by atoms with Crippen molar-refractivity contribution in [1.29, 1.82) is 0 Å². The van der Waals surface area contributed by atoms with E-state index in [4.69, 9.17) is 13.9 Å². The van der Waals surface area contributed by atoms with Crippen LogP contribution in [0.5, 0.6) is 0 Å². The first kappa shape index (κ1) is 31.1. The number of carbonyl (C=O) groups is 2. The summed E-state index contributed by atoms with van der Waals surface area (Å²) < 4.78 is 18.5. The second kappa shape index (κ2) is 13.8. The quantitative estimate of drug-likeness (QED) is 0.200. The highest BCUT2D eigenvalue weighted by molar-refractivity contribution is 6.48. The molecule has 0 spiro atoms. The van der Waals surface area contributed by atoms with Gasteiger partial charge in [0, 0.05) is 11.8 Å². The minimum absolute atomic E-state index is 0.00474. The molecular weight excluding hydrogens is 492 g/mol. The number of esters is 2. The highest BCUT2D eigenvalue weighted by Gasteiger charge is 2.46. The molecule has 0 saturated carbocycles. The van der Waals surface area contributed by atoms with E-state index in [1.807, 2.05) is 0 Å². The average molecular weight is 547 g/mol. The van der Waals surface area contributed by atoms with E-state index in [0.29, 0.717) is 11.8 Å². The molecule has 216 valence electrons. The summed E-state index contributed by atoms with van der Waals surface area (Å²) in [7, 11) is -1.37. The van der Waals surface area contributed by atoms with Gasteiger partial charge >= 0.3 is 11.9 Å². The maximum absolute atomic E-state index is 13.2. The molecule has 1 heterocycles. The molecule has 3 rings (SSSR count). The third-order valence-corrected chi connectivity index (χ3v) is 9.80. The van der Waals surface area contributed by atoms with Crippen molar-refractivity contribution in [3.05, 3.63) is 23.8 Å². The first-order valence-corrected chi connectivity index (χ1v) is 18.2. The van der Waals surface area contributed by atoms with Gasteiger partial charge in [-0.05, 0) is 80.9 Å². The Kier molecular flexibility index (Phi) is 11.3. The zero-order valence-electron chi connectivity index (χ0n) is 25.3. The van der Waals surface area contributed by atoms with Gasteiger partial charge in [0.1, 0.15) is 18.3 Å². The van der Waals surface area contributed by atoms with Gasteiger partial charge in [-0.15, -0.1) is 0 Å². The van der Waals surface area contributed by atoms with Gasteiger partial charge in [0.2, 0.25) is 0 Å². The van der Waals surface area contributed by atoms with Crippen molar-refractivity contribution in [1.82, 2.24) is 0 Å². The monoisotopic (exact) mass is 546 g/mol. The van der Waals surface area contributed by atoms with Crippen LogP contribution in [-0.4, -0.2) is 39.3 Å². The van der Waals surface area contributed by atoms with E-state index in [0.717, 1.165) is 57.8 Å². The minimum atomic E-state index is -1.37. The predicted molar refractivity (Wildman–Crippen MR) is 156 cm³/mol. The Morgan fingerprint density at radius 2 is 1.87 bits per heavy atom. The lowest BCUT2D eigenvalue weighted by Gasteiger charge is -2.45. The molecule has 0 N–H and O–H groups in total. The molecule has 0 aromatic rings. The number of carbonyl (C=O) groups excluding carboxylic acids is 2. The Morgan fingerprint density at radius 1 is 1.18 bits per heavy atom. The van der Waals surface area contributed by atoms with E-state index in [2.05, 4.69) is 72.9 Å². The topological polar surface area (TPSA) is 61.8 Å². The van der Waals surface area contributed by atoms with Gasteiger partial charge in [0.15, 0.2) is 9.04 Å². The van der Waals surface area contributed by atoms with Gasteiger partial charge in [0.05, 0.1) is 5.92 Å². The van der Waals surface area contributed by atoms with E-state index in [1.54, 1.807) is 0 Å². The lowest BCUT2D eigenvalue weighted by molar-refractivity contribution is -0.178. The maximum atomic E-state index is 13.2. The van der Waals surface area contributed by atoms with Crippen LogP contribution in [0.15, 0.2) is 23.8 Å². The van der Waals surface area contributed by atoms with Gasteiger partial charge in [0.25, 0.3) is 0 Å². The van der Waals surface area contributed by atoms with E-state index in [-0.39, 0.29) is 47.3 Å². The number of ether oxygens (including phenoxy) is 2. The highest BCUT2D eigenvalue weighted by Crippen LogP contribution is 2.46. The first-order chi connectivity index (χ1) is 18.0. The van der Waals surface area contributed by atoms with E-state index < -0.39 is 15.1 Å². The molecule has 5 nitrogen and oxygen atoms in total. The van der Waals surface area contributed by atoms with Gasteiger partial charge in [-0.3, -0.25) is 4.79 Å². The molecule has 1 saturated heterocycles. The molecule has 2 aliphatic carbocycles. The highest BCUT2D eigenvalue weighted by atomic mass is 28.3. The molecule has 7 atom stereocenters. The van der Waals surface area contributed by atoms with Gasteiger partial charge in [-0.25, -0.2) is 4.79 Å². The van der Waals surface area contributed by atoms with Gasteiger partial charge in [-0.2, -0.15) is 0 Å². The molecule has 0 aromatic carbocycles. The van der Waals surface area contributed by atoms with Crippen LogP contribution in [0.25, 0.3) is 0 Å². The molecule has 3 aliphatic rings. The fourth-order valence-electron chi connectivity index (χ4n) is 7.03. The van der Waals surface area contributed by atoms with Crippen LogP contribution >= 0.6 is 0 Å². The fraction of sp³-hybridized carbons (Fsp3) is 0.812. The Hall–Kier alpha value is -1.40. The zero-order chi connectivity index (χ0) is 28.0. The number of hydrogen-bond acceptors (Lipinski definition) is 5. The predicted octanol–water partition coefficient (Wildman–Crippen LogP) is 7.40. The van der Waals surface area contributed by atoms with Gasteiger partial charge < -0.3 is 13.9 Å². The average Bonchev–Trinajstić information content (AvgIpc) is 2.84. The number of allylic oxidation sites excluding steroid dienone is 3. The summed E-state index contributed by atoms with van der Waals surface area (Å²) in [5, 5.41) is 0. The van der Waals surface area contributed by atoms with E-state index in [1.165, 1.54) is 5.57 Å². The van der Waals surface area contributed by atoms with Crippen LogP contribution in [0.4, 0.5) is 0 Å². The molecular formula is C32H54O5Si. The number of rotatable bonds is 11. The summed E-state index contributed by atoms with van der Waals surface area (Å²) in [6.07, 6.45) is 14.6. The smallest absolute Gasteiger partial charge is 0.334 e. The molecule has 0 aromatic heterocycles. The standard InChI is InChI=1S/C32H54O5Si/c1-9-13-23(14-10-2)30(33)36-27-18-12-16-22-15-11-17-25(28(22)27)21(3)19-24-20-26(32(4,5)6)29(31(34)35-24)37-38(7)8/h11,15-16,21,23-29,38H,9-10,12-14,17-20H2,1-8H3/t21-,24+,25-,26-,27-,28-,29?/m0/s1. The molecule has 1 unspecified atom stereocenters. The second-order valence-corrected chi connectivity index (χ2v) is 15.8. The fourth-order valence-corrected chi connectivity index (χ4v) is 7.92. The largest absolute Gasteiger partial charge is 0.461 e. The summed E-state index contributed by atoms with van der Waals surface area (Å²) >= 11 is 0. The van der Waals surface area contributed by atoms with Crippen LogP contribution in [0, 0.1) is 35.0 Å². The zero-order valence-corrected chi connectivity index (χ0v) is 26.5. The molecule has 1 fully saturated rings. The van der Waals surface area contributed by atoms with Crippen LogP contribution in [-0.2, 0) is 23.5 Å². The van der Waals surface area contributed by atoms with Crippen LogP contribution < -0.4 is 0 Å². The number of cyclic esters (lactones) is 1. The molecule has 6 heteroatoms. The maximum Gasteiger partial charge on any atom is 0.334 e. The van der Waals surface area contributed by atoms with Crippen molar-refractivity contribution in [3.63, 3.8) is 0 Å². The van der Waals surface area contributed by atoms with Crippen LogP contribution in [0.1, 0.15) is 99.3 Å². The van der Waals surface area contributed by atoms with Crippen molar-refractivity contribution >= 4 is 21.0 Å². The first-order valence-electron chi connectivity index (χ1n) is 15.4. The summed E-state index contributed by atoms with van der Waals surface area (Å²) in [4.78, 5) is 26.3. The molecule has 1 aliphatic heterocycles. The molecule has 0 bridgehead atoms. The minimum Gasteiger partial charge on any atom is -0.461 e. The summed E-state index contributed by atoms with van der Waals surface area (Å²) in [6.45, 7) is 17.4. The number of fused-ring (bicyclic) bond motifs is 1. The molecule has 0 amide bonds. The normalized spacial score (nSPS) is 30.6. The lowest BCUT2D eigenvalue weighted by Crippen LogP contribution is -2.50. The summed E-state index contributed by atoms with van der Waals surface area (Å²) in [6, 6.07) is 0. The van der Waals surface area contributed by atoms with Crippen molar-refractivity contribution in [3.8, 4) is 0 Å². The van der Waals surface area contributed by atoms with Crippen LogP contribution in [0.2, 0.25) is 13.1 Å². The van der Waals surface area contributed by atoms with E-state index >= 15 is 0 Å². The van der Waals surface area contributed by atoms with Crippen molar-refractivity contribution < 1.29 is 23.5 Å². The Morgan fingerprint density at radius 3 is 2.47 bits per heavy atom. The third kappa shape index (κ3) is 7.84. The molecule has 38 heavy (non-hydrogen) atoms. The second-order valence-electron chi connectivity index (χ2n) is 13.4. The Balaban J connectivity index is 1.74. The Labute approximate surface area is 233 Å². The Bertz CT molecular complexity index is 850. The summed E-state index contributed by atoms with van der Waals surface area (Å²) in [5.74, 6) is 0.895. The van der Waals surface area contributed by atoms with Crippen LogP contribution in [0.3, 0.4) is 0 Å². The van der Waals surface area contributed by atoms with Crippen molar-refractivity contribution in [2.24, 2.45) is 35.0 Å².